The molecule has 0 radical (unpaired) electrons. The Morgan fingerprint density at radius 1 is 0.914 bits per heavy atom. The van der Waals surface area contributed by atoms with Crippen molar-refractivity contribution in [2.75, 3.05) is 38.3 Å². The minimum absolute atomic E-state index is 0.00690. The normalized spacial score (nSPS) is 19.3. The van der Waals surface area contributed by atoms with E-state index >= 15 is 0 Å². The lowest BCUT2D eigenvalue weighted by atomic mass is 9.96. The van der Waals surface area contributed by atoms with Crippen LogP contribution in [0.2, 0.25) is 0 Å². The maximum Gasteiger partial charge on any atom is 0.128 e. The number of nitrogens with zero attached hydrogens (tertiary/aromatic N) is 3. The first-order valence-electron chi connectivity index (χ1n) is 11.9. The predicted octanol–water partition coefficient (Wildman–Crippen LogP) is 5.26. The Bertz CT molecular complexity index is 1320. The van der Waals surface area contributed by atoms with Gasteiger partial charge in [0, 0.05) is 72.5 Å². The van der Waals surface area contributed by atoms with Crippen LogP contribution in [-0.4, -0.2) is 43.3 Å². The number of anilines is 1. The molecule has 0 bridgehead atoms. The average Bonchev–Trinajstić information content (AvgIpc) is 3.54. The summed E-state index contributed by atoms with van der Waals surface area (Å²) in [5.41, 5.74) is 13.4. The van der Waals surface area contributed by atoms with Crippen LogP contribution in [0.1, 0.15) is 33.1 Å². The lowest BCUT2D eigenvalue weighted by Gasteiger charge is -2.30. The largest absolute Gasteiger partial charge is 0.372 e. The third kappa shape index (κ3) is 4.30. The van der Waals surface area contributed by atoms with Gasteiger partial charge in [-0.05, 0) is 57.3 Å². The zero-order valence-electron chi connectivity index (χ0n) is 19.6. The van der Waals surface area contributed by atoms with Gasteiger partial charge < -0.3 is 20.1 Å². The first-order chi connectivity index (χ1) is 17.2. The quantitative estimate of drug-likeness (QED) is 0.386. The van der Waals surface area contributed by atoms with Gasteiger partial charge in [-0.15, -0.1) is 22.7 Å². The summed E-state index contributed by atoms with van der Waals surface area (Å²) in [5, 5.41) is 4.50. The van der Waals surface area contributed by atoms with Gasteiger partial charge in [-0.1, -0.05) is 0 Å². The molecule has 2 atom stereocenters. The maximum absolute atomic E-state index is 6.32. The van der Waals surface area contributed by atoms with Crippen molar-refractivity contribution >= 4 is 28.5 Å². The fourth-order valence-electron chi connectivity index (χ4n) is 5.11. The summed E-state index contributed by atoms with van der Waals surface area (Å²) in [7, 11) is 2.09. The smallest absolute Gasteiger partial charge is 0.128 e. The van der Waals surface area contributed by atoms with Gasteiger partial charge in [0.25, 0.3) is 0 Å². The second-order valence-corrected chi connectivity index (χ2v) is 10.9. The van der Waals surface area contributed by atoms with E-state index in [4.69, 9.17) is 20.2 Å². The van der Waals surface area contributed by atoms with E-state index in [9.17, 15) is 0 Å². The minimum Gasteiger partial charge on any atom is -0.372 e. The average molecular weight is 505 g/mol. The molecule has 0 amide bonds. The van der Waals surface area contributed by atoms with Crippen LogP contribution >= 0.6 is 22.7 Å². The summed E-state index contributed by atoms with van der Waals surface area (Å²) >= 11 is 3.64. The van der Waals surface area contributed by atoms with E-state index < -0.39 is 0 Å². The number of rotatable bonds is 6. The van der Waals surface area contributed by atoms with Crippen LogP contribution < -0.4 is 10.6 Å². The number of pyridine rings is 2. The molecule has 8 heteroatoms. The highest BCUT2D eigenvalue weighted by Gasteiger charge is 2.29. The molecule has 6 nitrogen and oxygen atoms in total. The molecule has 2 aliphatic rings. The second-order valence-electron chi connectivity index (χ2n) is 8.95. The van der Waals surface area contributed by atoms with Crippen LogP contribution in [0.3, 0.4) is 0 Å². The Morgan fingerprint density at radius 3 is 2.26 bits per heavy atom. The van der Waals surface area contributed by atoms with Gasteiger partial charge in [0.15, 0.2) is 0 Å². The van der Waals surface area contributed by atoms with Crippen LogP contribution in [0.25, 0.3) is 22.3 Å². The molecule has 0 fully saturated rings. The molecule has 0 aliphatic carbocycles. The highest BCUT2D eigenvalue weighted by Crippen LogP contribution is 2.42. The molecule has 4 aromatic heterocycles. The van der Waals surface area contributed by atoms with Crippen LogP contribution in [-0.2, 0) is 22.3 Å². The zero-order chi connectivity index (χ0) is 23.8. The van der Waals surface area contributed by atoms with Gasteiger partial charge >= 0.3 is 0 Å². The summed E-state index contributed by atoms with van der Waals surface area (Å²) in [6.45, 7) is 2.72. The Balaban J connectivity index is 1.28. The van der Waals surface area contributed by atoms with E-state index in [2.05, 4.69) is 52.0 Å². The summed E-state index contributed by atoms with van der Waals surface area (Å²) < 4.78 is 12.3. The Labute approximate surface area is 213 Å². The molecule has 4 aromatic rings. The van der Waals surface area contributed by atoms with Crippen LogP contribution in [0.5, 0.6) is 0 Å². The molecule has 0 saturated heterocycles. The number of thiophene rings is 2. The SMILES string of the molecule is CN(CC1OCCc2scc(-c3ccncc3)c21)c1cc(-c2csc3c2C(CN)OCC3)ccn1. The van der Waals surface area contributed by atoms with Crippen LogP contribution in [0.15, 0.2) is 53.6 Å². The lowest BCUT2D eigenvalue weighted by molar-refractivity contribution is 0.0494. The molecular formula is C27H28N4O2S2. The van der Waals surface area contributed by atoms with Crippen LogP contribution in [0, 0.1) is 0 Å². The van der Waals surface area contributed by atoms with Gasteiger partial charge in [-0.2, -0.15) is 0 Å². The lowest BCUT2D eigenvalue weighted by Crippen LogP contribution is -2.29. The molecule has 2 N–H and O–H groups in total. The van der Waals surface area contributed by atoms with Gasteiger partial charge in [-0.25, -0.2) is 4.98 Å². The molecule has 0 spiro atoms. The van der Waals surface area contributed by atoms with E-state index in [-0.39, 0.29) is 12.2 Å². The van der Waals surface area contributed by atoms with Crippen molar-refractivity contribution in [2.45, 2.75) is 25.0 Å². The Morgan fingerprint density at radius 2 is 1.54 bits per heavy atom. The topological polar surface area (TPSA) is 73.5 Å². The van der Waals surface area contributed by atoms with Crippen molar-refractivity contribution < 1.29 is 9.47 Å². The molecule has 2 aliphatic heterocycles. The van der Waals surface area contributed by atoms with Crippen molar-refractivity contribution in [2.24, 2.45) is 5.73 Å². The van der Waals surface area contributed by atoms with Gasteiger partial charge in [0.2, 0.25) is 0 Å². The summed E-state index contributed by atoms with van der Waals surface area (Å²) in [4.78, 5) is 13.9. The third-order valence-electron chi connectivity index (χ3n) is 6.85. The number of likely N-dealkylation sites (N-methyl/N-ethyl adjacent to an activating group) is 1. The van der Waals surface area contributed by atoms with Crippen molar-refractivity contribution in [3.05, 3.63) is 74.5 Å². The first-order valence-corrected chi connectivity index (χ1v) is 13.7. The zero-order valence-corrected chi connectivity index (χ0v) is 21.3. The van der Waals surface area contributed by atoms with Crippen LogP contribution in [0.4, 0.5) is 5.82 Å². The number of nitrogens with two attached hydrogens (primary N) is 1. The monoisotopic (exact) mass is 504 g/mol. The van der Waals surface area contributed by atoms with Crippen molar-refractivity contribution in [3.63, 3.8) is 0 Å². The maximum atomic E-state index is 6.32. The standard InChI is InChI=1S/C27H28N4O2S2/c1-31(14-22-27-19(17-2-7-29-8-3-17)15-34-24(27)6-11-33-22)25-12-18(4-9-30-25)20-16-35-23-5-10-32-21(13-28)26(20)23/h2-4,7-9,12,15-16,21-22H,5-6,10-11,13-14,28H2,1H3. The molecule has 6 rings (SSSR count). The minimum atomic E-state index is -0.0337. The molecular weight excluding hydrogens is 476 g/mol. The summed E-state index contributed by atoms with van der Waals surface area (Å²) in [6, 6.07) is 8.40. The number of ether oxygens (including phenoxy) is 2. The highest BCUT2D eigenvalue weighted by molar-refractivity contribution is 7.10. The molecule has 0 saturated carbocycles. The van der Waals surface area contributed by atoms with Crippen molar-refractivity contribution in [3.8, 4) is 22.3 Å². The molecule has 35 heavy (non-hydrogen) atoms. The summed E-state index contributed by atoms with van der Waals surface area (Å²) in [6.07, 6.45) is 7.47. The van der Waals surface area contributed by atoms with Gasteiger partial charge in [0.1, 0.15) is 11.9 Å². The molecule has 6 heterocycles. The highest BCUT2D eigenvalue weighted by atomic mass is 32.1. The van der Waals surface area contributed by atoms with E-state index in [1.165, 1.54) is 37.6 Å². The number of aromatic nitrogens is 2. The molecule has 180 valence electrons. The van der Waals surface area contributed by atoms with Gasteiger partial charge in [0.05, 0.1) is 19.3 Å². The Hall–Kier alpha value is -2.62. The number of hydrogen-bond acceptors (Lipinski definition) is 8. The van der Waals surface area contributed by atoms with Crippen molar-refractivity contribution in [1.29, 1.82) is 0 Å². The van der Waals surface area contributed by atoms with E-state index in [1.54, 1.807) is 0 Å². The van der Waals surface area contributed by atoms with E-state index in [0.717, 1.165) is 44.0 Å². The number of fused-ring (bicyclic) bond motifs is 2. The summed E-state index contributed by atoms with van der Waals surface area (Å²) in [5.74, 6) is 0.930. The predicted molar refractivity (Wildman–Crippen MR) is 142 cm³/mol. The fourth-order valence-corrected chi connectivity index (χ4v) is 7.29. The van der Waals surface area contributed by atoms with Gasteiger partial charge in [-0.3, -0.25) is 4.98 Å². The molecule has 0 aromatic carbocycles. The van der Waals surface area contributed by atoms with Crippen molar-refractivity contribution in [1.82, 2.24) is 9.97 Å². The number of hydrogen-bond donors (Lipinski definition) is 1. The third-order valence-corrected chi connectivity index (χ3v) is 8.98. The first kappa shape index (κ1) is 22.8. The van der Waals surface area contributed by atoms with E-state index in [1.807, 2.05) is 41.3 Å². The van der Waals surface area contributed by atoms with E-state index in [0.29, 0.717) is 6.54 Å². The molecule has 2 unspecified atom stereocenters. The fraction of sp³-hybridized carbons (Fsp3) is 0.333. The second kappa shape index (κ2) is 9.79. The Kier molecular flexibility index (Phi) is 6.39.